The van der Waals surface area contributed by atoms with Gasteiger partial charge in [0.25, 0.3) is 0 Å². The highest BCUT2D eigenvalue weighted by molar-refractivity contribution is 8.15. The van der Waals surface area contributed by atoms with Gasteiger partial charge >= 0.3 is 0 Å². The zero-order valence-electron chi connectivity index (χ0n) is 14.3. The van der Waals surface area contributed by atoms with E-state index >= 15 is 0 Å². The number of benzene rings is 2. The van der Waals surface area contributed by atoms with Crippen LogP contribution in [-0.4, -0.2) is 23.1 Å². The van der Waals surface area contributed by atoms with E-state index in [9.17, 15) is 23.3 Å². The quantitative estimate of drug-likeness (QED) is 0.617. The van der Waals surface area contributed by atoms with Gasteiger partial charge in [0.1, 0.15) is 33.1 Å². The van der Waals surface area contributed by atoms with E-state index in [1.807, 2.05) is 0 Å². The number of hydrogen-bond acceptors (Lipinski definition) is 6. The molecule has 2 aromatic carbocycles. The summed E-state index contributed by atoms with van der Waals surface area (Å²) in [4.78, 5) is 9.34. The van der Waals surface area contributed by atoms with Crippen LogP contribution in [0.1, 0.15) is 17.5 Å². The van der Waals surface area contributed by atoms with Gasteiger partial charge in [-0.25, -0.2) is 13.2 Å². The van der Waals surface area contributed by atoms with E-state index in [4.69, 9.17) is 4.74 Å². The molecule has 6 nitrogen and oxygen atoms in total. The summed E-state index contributed by atoms with van der Waals surface area (Å²) in [5.41, 5.74) is 3.31. The average Bonchev–Trinajstić information content (AvgIpc) is 3.09. The van der Waals surface area contributed by atoms with E-state index in [2.05, 4.69) is 10.5 Å². The highest BCUT2D eigenvalue weighted by atomic mass is 32.2. The third-order valence-electron chi connectivity index (χ3n) is 4.76. The van der Waals surface area contributed by atoms with Gasteiger partial charge < -0.3 is 4.74 Å². The van der Waals surface area contributed by atoms with Gasteiger partial charge in [-0.2, -0.15) is 5.10 Å². The Hall–Kier alpha value is -2.75. The van der Waals surface area contributed by atoms with Crippen molar-refractivity contribution in [2.45, 2.75) is 11.3 Å². The summed E-state index contributed by atoms with van der Waals surface area (Å²) in [6, 6.07) is 7.02. The molecule has 28 heavy (non-hydrogen) atoms. The fraction of sp³-hybridized carbons (Fsp3) is 0.278. The summed E-state index contributed by atoms with van der Waals surface area (Å²) in [6.07, 6.45) is 0.136. The first kappa shape index (κ1) is 18.6. The first-order valence-corrected chi connectivity index (χ1v) is 9.24. The van der Waals surface area contributed by atoms with Gasteiger partial charge in [-0.3, -0.25) is 15.5 Å². The molecule has 1 N–H and O–H groups in total. The second-order valence-corrected chi connectivity index (χ2v) is 7.72. The third kappa shape index (κ3) is 3.17. The minimum atomic E-state index is -1.08. The Balaban J connectivity index is 1.75. The molecule has 146 valence electrons. The van der Waals surface area contributed by atoms with Crippen molar-refractivity contribution in [2.24, 2.45) is 11.0 Å². The van der Waals surface area contributed by atoms with Gasteiger partial charge in [-0.1, -0.05) is 11.8 Å². The molecule has 1 spiro atoms. The molecule has 0 amide bonds. The standard InChI is InChI=1S/C18H14F3N3O3S/c19-11-1-3-15(21)13(7-11)17-22-23-18(28-17)10(5-6-24(25)26)9-27-16-4-2-12(20)8-14(16)18/h1-4,7-8,10,23H,5-6,9H2/t10-,18-/m0/s1. The fourth-order valence-corrected chi connectivity index (χ4v) is 4.77. The SMILES string of the molecule is O=[N+]([O-])CC[C@H]1COc2ccc(F)cc2[C@]12NN=C(c1cc(F)ccc1F)S2. The van der Waals surface area contributed by atoms with Gasteiger partial charge in [0.15, 0.2) is 0 Å². The van der Waals surface area contributed by atoms with E-state index < -0.39 is 33.2 Å². The Labute approximate surface area is 161 Å². The maximum atomic E-state index is 14.2. The predicted octanol–water partition coefficient (Wildman–Crippen LogP) is 3.63. The van der Waals surface area contributed by atoms with Crippen LogP contribution in [0.15, 0.2) is 41.5 Å². The average molecular weight is 409 g/mol. The fourth-order valence-electron chi connectivity index (χ4n) is 3.39. The molecule has 0 saturated carbocycles. The van der Waals surface area contributed by atoms with Crippen molar-refractivity contribution in [1.29, 1.82) is 0 Å². The molecule has 4 rings (SSSR count). The molecule has 2 heterocycles. The lowest BCUT2D eigenvalue weighted by atomic mass is 9.87. The Morgan fingerprint density at radius 3 is 2.79 bits per heavy atom. The number of halogens is 3. The van der Waals surface area contributed by atoms with Crippen LogP contribution >= 0.6 is 11.8 Å². The van der Waals surface area contributed by atoms with Crippen LogP contribution in [0.25, 0.3) is 0 Å². The van der Waals surface area contributed by atoms with Crippen molar-refractivity contribution in [3.63, 3.8) is 0 Å². The van der Waals surface area contributed by atoms with Gasteiger partial charge in [-0.15, -0.1) is 0 Å². The number of nitrogens with zero attached hydrogens (tertiary/aromatic N) is 2. The van der Waals surface area contributed by atoms with Crippen LogP contribution in [0.3, 0.4) is 0 Å². The number of ether oxygens (including phenoxy) is 1. The summed E-state index contributed by atoms with van der Waals surface area (Å²) >= 11 is 1.08. The number of nitrogens with one attached hydrogen (secondary N) is 1. The number of hydrogen-bond donors (Lipinski definition) is 1. The molecule has 0 aromatic heterocycles. The number of rotatable bonds is 4. The van der Waals surface area contributed by atoms with Gasteiger partial charge in [0.05, 0.1) is 6.61 Å². The highest BCUT2D eigenvalue weighted by Gasteiger charge is 2.51. The number of fused-ring (bicyclic) bond motifs is 2. The van der Waals surface area contributed by atoms with Crippen molar-refractivity contribution in [2.75, 3.05) is 13.2 Å². The van der Waals surface area contributed by atoms with E-state index in [-0.39, 0.29) is 30.2 Å². The summed E-state index contributed by atoms with van der Waals surface area (Å²) < 4.78 is 47.5. The zero-order valence-corrected chi connectivity index (χ0v) is 15.1. The lowest BCUT2D eigenvalue weighted by Gasteiger charge is -2.40. The molecule has 0 fully saturated rings. The van der Waals surface area contributed by atoms with Crippen LogP contribution in [0, 0.1) is 33.5 Å². The predicted molar refractivity (Wildman–Crippen MR) is 97.2 cm³/mol. The molecular weight excluding hydrogens is 395 g/mol. The largest absolute Gasteiger partial charge is 0.493 e. The molecule has 2 atom stereocenters. The molecule has 0 aliphatic carbocycles. The molecular formula is C18H14F3N3O3S. The lowest BCUT2D eigenvalue weighted by molar-refractivity contribution is -0.482. The number of nitro groups is 1. The Morgan fingerprint density at radius 1 is 1.25 bits per heavy atom. The van der Waals surface area contributed by atoms with Crippen molar-refractivity contribution < 1.29 is 22.8 Å². The normalized spacial score (nSPS) is 23.0. The first-order chi connectivity index (χ1) is 13.4. The van der Waals surface area contributed by atoms with Crippen LogP contribution in [0.5, 0.6) is 5.75 Å². The van der Waals surface area contributed by atoms with Gasteiger partial charge in [-0.05, 0) is 36.4 Å². The molecule has 2 aliphatic rings. The maximum absolute atomic E-state index is 14.2. The number of hydrazone groups is 1. The Bertz CT molecular complexity index is 988. The minimum Gasteiger partial charge on any atom is -0.493 e. The van der Waals surface area contributed by atoms with E-state index in [1.54, 1.807) is 0 Å². The molecule has 0 unspecified atom stereocenters. The van der Waals surface area contributed by atoms with Gasteiger partial charge in [0.2, 0.25) is 6.54 Å². The van der Waals surface area contributed by atoms with E-state index in [1.165, 1.54) is 18.2 Å². The zero-order chi connectivity index (χ0) is 19.9. The monoisotopic (exact) mass is 409 g/mol. The molecule has 2 aromatic rings. The van der Waals surface area contributed by atoms with Crippen LogP contribution in [-0.2, 0) is 4.87 Å². The van der Waals surface area contributed by atoms with Gasteiger partial charge in [0, 0.05) is 28.4 Å². The van der Waals surface area contributed by atoms with Crippen LogP contribution in [0.4, 0.5) is 13.2 Å². The molecule has 10 heteroatoms. The Kier molecular flexibility index (Phi) is 4.66. The Morgan fingerprint density at radius 2 is 2.00 bits per heavy atom. The van der Waals surface area contributed by atoms with E-state index in [0.29, 0.717) is 11.3 Å². The first-order valence-electron chi connectivity index (χ1n) is 8.43. The highest BCUT2D eigenvalue weighted by Crippen LogP contribution is 2.52. The van der Waals surface area contributed by atoms with Crippen molar-refractivity contribution in [3.8, 4) is 5.75 Å². The van der Waals surface area contributed by atoms with Crippen LogP contribution in [0.2, 0.25) is 0 Å². The summed E-state index contributed by atoms with van der Waals surface area (Å²) in [5, 5.41) is 15.2. The summed E-state index contributed by atoms with van der Waals surface area (Å²) in [7, 11) is 0. The minimum absolute atomic E-state index is 0.0353. The van der Waals surface area contributed by atoms with Crippen LogP contribution < -0.4 is 10.2 Å². The van der Waals surface area contributed by atoms with E-state index in [0.717, 1.165) is 30.0 Å². The third-order valence-corrected chi connectivity index (χ3v) is 6.23. The molecule has 2 aliphatic heterocycles. The molecule has 0 saturated heterocycles. The number of thioether (sulfide) groups is 1. The topological polar surface area (TPSA) is 76.8 Å². The lowest BCUT2D eigenvalue weighted by Crippen LogP contribution is -2.47. The second kappa shape index (κ2) is 7.01. The molecule has 0 radical (unpaired) electrons. The smallest absolute Gasteiger partial charge is 0.204 e. The van der Waals surface area contributed by atoms with Crippen molar-refractivity contribution >= 4 is 16.8 Å². The van der Waals surface area contributed by atoms with Crippen molar-refractivity contribution in [1.82, 2.24) is 5.43 Å². The summed E-state index contributed by atoms with van der Waals surface area (Å²) in [5.74, 6) is -1.82. The second-order valence-electron chi connectivity index (χ2n) is 6.48. The molecule has 0 bridgehead atoms. The van der Waals surface area contributed by atoms with Crippen molar-refractivity contribution in [3.05, 3.63) is 75.1 Å². The maximum Gasteiger partial charge on any atom is 0.204 e. The summed E-state index contributed by atoms with van der Waals surface area (Å²) in [6.45, 7) is -0.173.